The fourth-order valence-electron chi connectivity index (χ4n) is 6.43. The van der Waals surface area contributed by atoms with Crippen molar-refractivity contribution in [1.82, 2.24) is 19.0 Å². The average molecular weight is 501 g/mol. The second-order valence-electron chi connectivity index (χ2n) is 10.9. The minimum Gasteiger partial charge on any atom is -0.494 e. The number of nitrogens with two attached hydrogens (primary N) is 1. The van der Waals surface area contributed by atoms with Gasteiger partial charge in [0, 0.05) is 43.3 Å². The second-order valence-corrected chi connectivity index (χ2v) is 10.9. The SMILES string of the molecule is C=Nc1c(/C=C\C)cc(-c2nc3cc(C(=O)N4CC5CCC4C(N)C5)cc(OC)c3n2C)n1CC1CC1. The highest BCUT2D eigenvalue weighted by atomic mass is 16.5. The molecule has 2 bridgehead atoms. The van der Waals surface area contributed by atoms with Crippen molar-refractivity contribution in [2.24, 2.45) is 29.6 Å². The van der Waals surface area contributed by atoms with E-state index in [-0.39, 0.29) is 18.0 Å². The summed E-state index contributed by atoms with van der Waals surface area (Å²) in [6.07, 6.45) is 9.70. The van der Waals surface area contributed by atoms with Crippen molar-refractivity contribution in [3.8, 4) is 17.3 Å². The van der Waals surface area contributed by atoms with E-state index in [0.717, 1.165) is 66.3 Å². The molecule has 2 aromatic heterocycles. The molecule has 8 heteroatoms. The van der Waals surface area contributed by atoms with Crippen molar-refractivity contribution >= 4 is 35.6 Å². The standard InChI is InChI=1S/C29H36N6O2/c1-5-6-19-13-24(34(27(19)31-2)15-17-7-8-17)28-32-22-12-20(14-25(37-4)26(22)33(28)3)29(36)35-16-18-9-10-23(35)21(30)11-18/h5-6,12-14,17-18,21,23H,2,7-11,15-16,30H2,1,3-4H3/b6-5-. The Morgan fingerprint density at radius 2 is 2.08 bits per heavy atom. The number of imidazole rings is 1. The van der Waals surface area contributed by atoms with Gasteiger partial charge in [-0.2, -0.15) is 0 Å². The van der Waals surface area contributed by atoms with Crippen LogP contribution >= 0.6 is 0 Å². The number of hydrogen-bond acceptors (Lipinski definition) is 5. The molecule has 4 heterocycles. The molecular weight excluding hydrogens is 464 g/mol. The second kappa shape index (κ2) is 9.17. The summed E-state index contributed by atoms with van der Waals surface area (Å²) in [7, 11) is 3.65. The van der Waals surface area contributed by atoms with Crippen LogP contribution in [0.5, 0.6) is 5.75 Å². The molecule has 4 fully saturated rings. The normalized spacial score (nSPS) is 23.4. The summed E-state index contributed by atoms with van der Waals surface area (Å²) in [6, 6.07) is 6.07. The lowest BCUT2D eigenvalue weighted by Gasteiger charge is -2.48. The summed E-state index contributed by atoms with van der Waals surface area (Å²) < 4.78 is 10.1. The molecule has 3 aromatic rings. The number of fused-ring (bicyclic) bond motifs is 4. The highest BCUT2D eigenvalue weighted by molar-refractivity contribution is 6.00. The van der Waals surface area contributed by atoms with Crippen molar-refractivity contribution in [1.29, 1.82) is 0 Å². The molecule has 0 radical (unpaired) electrons. The van der Waals surface area contributed by atoms with Crippen molar-refractivity contribution in [3.05, 3.63) is 35.4 Å². The van der Waals surface area contributed by atoms with Crippen LogP contribution in [-0.4, -0.2) is 57.4 Å². The number of hydrogen-bond donors (Lipinski definition) is 1. The first-order valence-electron chi connectivity index (χ1n) is 13.4. The lowest BCUT2D eigenvalue weighted by Crippen LogP contribution is -2.60. The number of benzene rings is 1. The third-order valence-corrected chi connectivity index (χ3v) is 8.45. The first kappa shape index (κ1) is 24.0. The number of carbonyl (C=O) groups is 1. The molecule has 2 aliphatic heterocycles. The zero-order valence-electron chi connectivity index (χ0n) is 22.0. The maximum Gasteiger partial charge on any atom is 0.254 e. The summed E-state index contributed by atoms with van der Waals surface area (Å²) in [4.78, 5) is 25.1. The number of aromatic nitrogens is 3. The number of carbonyl (C=O) groups excluding carboxylic acids is 1. The van der Waals surface area contributed by atoms with Gasteiger partial charge in [0.2, 0.25) is 0 Å². The van der Waals surface area contributed by atoms with E-state index in [0.29, 0.717) is 23.1 Å². The number of aryl methyl sites for hydroxylation is 1. The summed E-state index contributed by atoms with van der Waals surface area (Å²) in [5.74, 6) is 3.50. The van der Waals surface area contributed by atoms with E-state index in [1.54, 1.807) is 7.11 Å². The van der Waals surface area contributed by atoms with Crippen LogP contribution in [-0.2, 0) is 13.6 Å². The molecule has 7 rings (SSSR count). The Kier molecular flexibility index (Phi) is 5.94. The first-order valence-corrected chi connectivity index (χ1v) is 13.4. The molecule has 37 heavy (non-hydrogen) atoms. The zero-order chi connectivity index (χ0) is 25.8. The average Bonchev–Trinajstić information content (AvgIpc) is 3.58. The third kappa shape index (κ3) is 3.98. The lowest BCUT2D eigenvalue weighted by atomic mass is 9.76. The molecule has 8 nitrogen and oxygen atoms in total. The highest BCUT2D eigenvalue weighted by Crippen LogP contribution is 2.40. The van der Waals surface area contributed by atoms with Crippen molar-refractivity contribution in [3.63, 3.8) is 0 Å². The number of piperidine rings is 2. The van der Waals surface area contributed by atoms with Crippen LogP contribution in [0.1, 0.15) is 54.9 Å². The Morgan fingerprint density at radius 3 is 2.73 bits per heavy atom. The van der Waals surface area contributed by atoms with E-state index in [9.17, 15) is 4.79 Å². The molecule has 2 saturated heterocycles. The first-order chi connectivity index (χ1) is 17.9. The highest BCUT2D eigenvalue weighted by Gasteiger charge is 2.41. The molecule has 4 aliphatic rings. The summed E-state index contributed by atoms with van der Waals surface area (Å²) in [6.45, 7) is 7.53. The maximum atomic E-state index is 13.7. The van der Waals surface area contributed by atoms with E-state index in [1.807, 2.05) is 37.1 Å². The van der Waals surface area contributed by atoms with Gasteiger partial charge in [0.25, 0.3) is 5.91 Å². The van der Waals surface area contributed by atoms with Crippen LogP contribution in [0.15, 0.2) is 29.3 Å². The van der Waals surface area contributed by atoms with E-state index in [4.69, 9.17) is 15.5 Å². The Bertz CT molecular complexity index is 1410. The van der Waals surface area contributed by atoms with E-state index in [2.05, 4.69) is 33.0 Å². The number of rotatable bonds is 7. The Balaban J connectivity index is 1.45. The lowest BCUT2D eigenvalue weighted by molar-refractivity contribution is 0.0249. The molecular formula is C29H36N6O2. The largest absolute Gasteiger partial charge is 0.494 e. The number of amides is 1. The number of methoxy groups -OCH3 is 1. The van der Waals surface area contributed by atoms with E-state index in [1.165, 1.54) is 12.8 Å². The molecule has 3 atom stereocenters. The summed E-state index contributed by atoms with van der Waals surface area (Å²) in [5.41, 5.74) is 10.6. The van der Waals surface area contributed by atoms with Gasteiger partial charge in [-0.1, -0.05) is 12.2 Å². The van der Waals surface area contributed by atoms with Crippen LogP contribution in [0.2, 0.25) is 0 Å². The predicted octanol–water partition coefficient (Wildman–Crippen LogP) is 4.78. The van der Waals surface area contributed by atoms with Crippen LogP contribution in [0.25, 0.3) is 28.6 Å². The summed E-state index contributed by atoms with van der Waals surface area (Å²) >= 11 is 0. The van der Waals surface area contributed by atoms with Gasteiger partial charge in [-0.25, -0.2) is 9.98 Å². The van der Waals surface area contributed by atoms with Crippen molar-refractivity contribution in [2.45, 2.75) is 57.7 Å². The smallest absolute Gasteiger partial charge is 0.254 e. The topological polar surface area (TPSA) is 90.7 Å². The molecule has 194 valence electrons. The van der Waals surface area contributed by atoms with Crippen LogP contribution in [0.4, 0.5) is 5.82 Å². The van der Waals surface area contributed by atoms with Gasteiger partial charge in [0.1, 0.15) is 17.1 Å². The number of aliphatic imine (C=N–C) groups is 1. The van der Waals surface area contributed by atoms with Gasteiger partial charge in [0.15, 0.2) is 5.82 Å². The van der Waals surface area contributed by atoms with Crippen LogP contribution < -0.4 is 10.5 Å². The summed E-state index contributed by atoms with van der Waals surface area (Å²) in [5, 5.41) is 0. The van der Waals surface area contributed by atoms with Crippen molar-refractivity contribution in [2.75, 3.05) is 13.7 Å². The van der Waals surface area contributed by atoms with Gasteiger partial charge in [0.05, 0.1) is 18.3 Å². The van der Waals surface area contributed by atoms with Gasteiger partial charge in [-0.3, -0.25) is 4.79 Å². The van der Waals surface area contributed by atoms with Gasteiger partial charge in [-0.05, 0) is 75.8 Å². The third-order valence-electron chi connectivity index (χ3n) is 8.45. The number of nitrogens with zero attached hydrogens (tertiary/aromatic N) is 5. The van der Waals surface area contributed by atoms with Crippen LogP contribution in [0, 0.1) is 11.8 Å². The van der Waals surface area contributed by atoms with Gasteiger partial charge in [-0.15, -0.1) is 0 Å². The molecule has 3 unspecified atom stereocenters. The molecule has 1 amide bonds. The van der Waals surface area contributed by atoms with E-state index >= 15 is 0 Å². The number of allylic oxidation sites excluding steroid dienone is 1. The fraction of sp³-hybridized carbons (Fsp3) is 0.483. The predicted molar refractivity (Wildman–Crippen MR) is 147 cm³/mol. The number of ether oxygens (including phenoxy) is 1. The zero-order valence-corrected chi connectivity index (χ0v) is 22.0. The molecule has 2 aliphatic carbocycles. The Labute approximate surface area is 217 Å². The van der Waals surface area contributed by atoms with Gasteiger partial charge >= 0.3 is 0 Å². The molecule has 2 saturated carbocycles. The van der Waals surface area contributed by atoms with Crippen molar-refractivity contribution < 1.29 is 9.53 Å². The maximum absolute atomic E-state index is 13.7. The Morgan fingerprint density at radius 1 is 1.27 bits per heavy atom. The fourth-order valence-corrected chi connectivity index (χ4v) is 6.43. The minimum absolute atomic E-state index is 0.0166. The minimum atomic E-state index is 0.0166. The monoisotopic (exact) mass is 500 g/mol. The molecule has 1 aromatic carbocycles. The molecule has 0 spiro atoms. The van der Waals surface area contributed by atoms with E-state index < -0.39 is 0 Å². The van der Waals surface area contributed by atoms with Gasteiger partial charge < -0.3 is 24.5 Å². The quantitative estimate of drug-likeness (QED) is 0.473. The Hall–Kier alpha value is -3.39. The van der Waals surface area contributed by atoms with Crippen LogP contribution in [0.3, 0.4) is 0 Å². The molecule has 2 N–H and O–H groups in total.